The topological polar surface area (TPSA) is 68.5 Å². The average Bonchev–Trinajstić information content (AvgIpc) is 3.15. The van der Waals surface area contributed by atoms with E-state index in [2.05, 4.69) is 41.2 Å². The Hall–Kier alpha value is -2.80. The Morgan fingerprint density at radius 3 is 2.83 bits per heavy atom. The van der Waals surface area contributed by atoms with Crippen LogP contribution in [0, 0.1) is 0 Å². The quantitative estimate of drug-likeness (QED) is 0.585. The number of hydrogen-bond donors (Lipinski definition) is 1. The number of anilines is 1. The van der Waals surface area contributed by atoms with Gasteiger partial charge in [0.1, 0.15) is 24.3 Å². The zero-order valence-corrected chi connectivity index (χ0v) is 14.2. The highest BCUT2D eigenvalue weighted by molar-refractivity contribution is 9.10. The number of benzene rings is 1. The number of halogens is 1. The van der Waals surface area contributed by atoms with Crippen molar-refractivity contribution in [1.29, 1.82) is 0 Å². The van der Waals surface area contributed by atoms with Crippen LogP contribution in [-0.4, -0.2) is 24.5 Å². The molecule has 1 N–H and O–H groups in total. The Labute approximate surface area is 146 Å². The minimum Gasteiger partial charge on any atom is -0.365 e. The molecule has 0 aliphatic heterocycles. The van der Waals surface area contributed by atoms with Gasteiger partial charge in [-0.3, -0.25) is 4.57 Å². The van der Waals surface area contributed by atoms with Crippen molar-refractivity contribution in [3.8, 4) is 5.82 Å². The molecular formula is C17H13BrN6. The molecule has 0 aliphatic rings. The molecule has 3 heterocycles. The molecule has 7 heteroatoms. The third-order valence-corrected chi connectivity index (χ3v) is 4.13. The third-order valence-electron chi connectivity index (χ3n) is 3.64. The summed E-state index contributed by atoms with van der Waals surface area (Å²) in [6.45, 7) is 0.635. The van der Waals surface area contributed by atoms with Crippen molar-refractivity contribution in [2.75, 3.05) is 5.32 Å². The predicted molar refractivity (Wildman–Crippen MR) is 95.9 cm³/mol. The molecule has 4 rings (SSSR count). The molecule has 0 aliphatic carbocycles. The van der Waals surface area contributed by atoms with E-state index in [-0.39, 0.29) is 0 Å². The summed E-state index contributed by atoms with van der Waals surface area (Å²) in [5.74, 6) is 1.65. The zero-order valence-electron chi connectivity index (χ0n) is 12.6. The van der Waals surface area contributed by atoms with Gasteiger partial charge in [0, 0.05) is 35.0 Å². The lowest BCUT2D eigenvalue weighted by Crippen LogP contribution is -2.04. The minimum absolute atomic E-state index is 0.635. The van der Waals surface area contributed by atoms with E-state index in [1.165, 1.54) is 0 Å². The standard InChI is InChI=1S/C17H13BrN6/c18-13-2-3-15-14(7-13)17(23-10-22-15)21-9-12-1-4-16(20-8-12)24-6-5-19-11-24/h1-8,10-11H,9H2,(H,21,22,23). The lowest BCUT2D eigenvalue weighted by Gasteiger charge is -2.09. The first-order chi connectivity index (χ1) is 11.8. The molecule has 0 atom stereocenters. The fourth-order valence-electron chi connectivity index (χ4n) is 2.42. The van der Waals surface area contributed by atoms with Crippen LogP contribution in [0.25, 0.3) is 16.7 Å². The van der Waals surface area contributed by atoms with Gasteiger partial charge in [-0.05, 0) is 29.8 Å². The Morgan fingerprint density at radius 2 is 2.04 bits per heavy atom. The van der Waals surface area contributed by atoms with E-state index in [4.69, 9.17) is 0 Å². The van der Waals surface area contributed by atoms with Gasteiger partial charge in [-0.2, -0.15) is 0 Å². The maximum absolute atomic E-state index is 4.45. The lowest BCUT2D eigenvalue weighted by molar-refractivity contribution is 0.977. The molecule has 6 nitrogen and oxygen atoms in total. The Balaban J connectivity index is 1.54. The normalized spacial score (nSPS) is 10.9. The molecule has 0 saturated carbocycles. The zero-order chi connectivity index (χ0) is 16.4. The third kappa shape index (κ3) is 2.98. The van der Waals surface area contributed by atoms with Gasteiger partial charge in [-0.1, -0.05) is 22.0 Å². The van der Waals surface area contributed by atoms with Gasteiger partial charge >= 0.3 is 0 Å². The van der Waals surface area contributed by atoms with E-state index in [1.807, 2.05) is 47.3 Å². The molecule has 0 amide bonds. The summed E-state index contributed by atoms with van der Waals surface area (Å²) in [6, 6.07) is 9.95. The Kier molecular flexibility index (Phi) is 3.92. The van der Waals surface area contributed by atoms with Crippen LogP contribution in [0.5, 0.6) is 0 Å². The van der Waals surface area contributed by atoms with E-state index in [1.54, 1.807) is 18.9 Å². The van der Waals surface area contributed by atoms with Crippen LogP contribution in [0.4, 0.5) is 5.82 Å². The average molecular weight is 381 g/mol. The van der Waals surface area contributed by atoms with Crippen LogP contribution in [0.3, 0.4) is 0 Å². The van der Waals surface area contributed by atoms with Crippen molar-refractivity contribution in [2.24, 2.45) is 0 Å². The summed E-state index contributed by atoms with van der Waals surface area (Å²) in [4.78, 5) is 17.1. The summed E-state index contributed by atoms with van der Waals surface area (Å²) in [5.41, 5.74) is 1.98. The van der Waals surface area contributed by atoms with Crippen molar-refractivity contribution in [3.63, 3.8) is 0 Å². The van der Waals surface area contributed by atoms with E-state index in [9.17, 15) is 0 Å². The molecule has 0 saturated heterocycles. The summed E-state index contributed by atoms with van der Waals surface area (Å²) < 4.78 is 2.87. The van der Waals surface area contributed by atoms with Gasteiger partial charge < -0.3 is 5.32 Å². The van der Waals surface area contributed by atoms with E-state index in [0.717, 1.165) is 32.6 Å². The molecule has 4 aromatic rings. The van der Waals surface area contributed by atoms with Crippen LogP contribution in [0.2, 0.25) is 0 Å². The van der Waals surface area contributed by atoms with E-state index < -0.39 is 0 Å². The fourth-order valence-corrected chi connectivity index (χ4v) is 2.79. The highest BCUT2D eigenvalue weighted by Gasteiger charge is 2.05. The van der Waals surface area contributed by atoms with Gasteiger partial charge in [0.2, 0.25) is 0 Å². The maximum Gasteiger partial charge on any atom is 0.137 e. The number of aromatic nitrogens is 5. The smallest absolute Gasteiger partial charge is 0.137 e. The first kappa shape index (κ1) is 14.8. The van der Waals surface area contributed by atoms with Crippen LogP contribution < -0.4 is 5.32 Å². The SMILES string of the molecule is Brc1ccc2ncnc(NCc3ccc(-n4ccnc4)nc3)c2c1. The van der Waals surface area contributed by atoms with Crippen LogP contribution in [-0.2, 0) is 6.54 Å². The minimum atomic E-state index is 0.635. The van der Waals surface area contributed by atoms with Crippen molar-refractivity contribution < 1.29 is 0 Å². The Bertz CT molecular complexity index is 966. The molecule has 0 radical (unpaired) electrons. The predicted octanol–water partition coefficient (Wildman–Crippen LogP) is 3.59. The van der Waals surface area contributed by atoms with E-state index >= 15 is 0 Å². The highest BCUT2D eigenvalue weighted by atomic mass is 79.9. The van der Waals surface area contributed by atoms with Gasteiger partial charge in [-0.15, -0.1) is 0 Å². The van der Waals surface area contributed by atoms with E-state index in [0.29, 0.717) is 6.54 Å². The number of fused-ring (bicyclic) bond motifs is 1. The van der Waals surface area contributed by atoms with Crippen LogP contribution >= 0.6 is 15.9 Å². The number of nitrogens with one attached hydrogen (secondary N) is 1. The molecule has 1 aromatic carbocycles. The van der Waals surface area contributed by atoms with Crippen LogP contribution in [0.15, 0.2) is 66.0 Å². The highest BCUT2D eigenvalue weighted by Crippen LogP contribution is 2.23. The number of imidazole rings is 1. The lowest BCUT2D eigenvalue weighted by atomic mass is 10.2. The summed E-state index contributed by atoms with van der Waals surface area (Å²) in [7, 11) is 0. The van der Waals surface area contributed by atoms with Gasteiger partial charge in [-0.25, -0.2) is 19.9 Å². The Morgan fingerprint density at radius 1 is 1.08 bits per heavy atom. The molecule has 3 aromatic heterocycles. The first-order valence-corrected chi connectivity index (χ1v) is 8.16. The largest absolute Gasteiger partial charge is 0.365 e. The first-order valence-electron chi connectivity index (χ1n) is 7.37. The number of pyridine rings is 1. The van der Waals surface area contributed by atoms with Gasteiger partial charge in [0.25, 0.3) is 0 Å². The monoisotopic (exact) mass is 380 g/mol. The molecular weight excluding hydrogens is 368 g/mol. The molecule has 0 bridgehead atoms. The summed E-state index contributed by atoms with van der Waals surface area (Å²) >= 11 is 3.49. The van der Waals surface area contributed by atoms with Gasteiger partial charge in [0.15, 0.2) is 0 Å². The second-order valence-corrected chi connectivity index (χ2v) is 6.15. The maximum atomic E-state index is 4.45. The molecule has 118 valence electrons. The van der Waals surface area contributed by atoms with Crippen LogP contribution in [0.1, 0.15) is 5.56 Å². The molecule has 0 spiro atoms. The number of rotatable bonds is 4. The van der Waals surface area contributed by atoms with Crippen molar-refractivity contribution in [2.45, 2.75) is 6.54 Å². The molecule has 0 unspecified atom stereocenters. The van der Waals surface area contributed by atoms with Crippen molar-refractivity contribution in [1.82, 2.24) is 24.5 Å². The number of hydrogen-bond acceptors (Lipinski definition) is 5. The summed E-state index contributed by atoms with van der Waals surface area (Å²) in [5, 5.41) is 4.34. The fraction of sp³-hybridized carbons (Fsp3) is 0.0588. The molecule has 0 fully saturated rings. The second kappa shape index (κ2) is 6.37. The van der Waals surface area contributed by atoms with Gasteiger partial charge in [0.05, 0.1) is 5.52 Å². The van der Waals surface area contributed by atoms with Crippen molar-refractivity contribution >= 4 is 32.7 Å². The molecule has 24 heavy (non-hydrogen) atoms. The second-order valence-electron chi connectivity index (χ2n) is 5.23. The van der Waals surface area contributed by atoms with Crippen molar-refractivity contribution in [3.05, 3.63) is 71.6 Å². The number of nitrogens with zero attached hydrogens (tertiary/aromatic N) is 5. The summed E-state index contributed by atoms with van der Waals surface area (Å²) in [6.07, 6.45) is 8.74.